The van der Waals surface area contributed by atoms with Gasteiger partial charge in [0.05, 0.1) is 0 Å². The summed E-state index contributed by atoms with van der Waals surface area (Å²) in [6.45, 7) is 0.0620. The minimum Gasteiger partial charge on any atom is -0.480 e. The van der Waals surface area contributed by atoms with Crippen LogP contribution in [0.1, 0.15) is 29.6 Å². The number of nitrogens with zero attached hydrogens (tertiary/aromatic N) is 1. The maximum atomic E-state index is 12.3. The molecule has 1 unspecified atom stereocenters. The van der Waals surface area contributed by atoms with Crippen molar-refractivity contribution in [1.29, 1.82) is 0 Å². The van der Waals surface area contributed by atoms with Crippen LogP contribution in [0.15, 0.2) is 24.3 Å². The van der Waals surface area contributed by atoms with Crippen LogP contribution in [-0.4, -0.2) is 46.9 Å². The van der Waals surface area contributed by atoms with Gasteiger partial charge in [-0.05, 0) is 43.5 Å². The van der Waals surface area contributed by atoms with Crippen molar-refractivity contribution in [3.63, 3.8) is 0 Å². The molecule has 1 aliphatic heterocycles. The molecular formula is C15H19N3O4. The average molecular weight is 305 g/mol. The number of nitrogens with one attached hydrogen (secondary N) is 1. The number of hydrogen-bond donors (Lipinski definition) is 3. The van der Waals surface area contributed by atoms with E-state index in [1.165, 1.54) is 4.90 Å². The number of nitrogen functional groups attached to an aromatic ring is 1. The summed E-state index contributed by atoms with van der Waals surface area (Å²) in [5.74, 6) is -1.77. The Labute approximate surface area is 128 Å². The zero-order chi connectivity index (χ0) is 16.1. The van der Waals surface area contributed by atoms with E-state index in [9.17, 15) is 14.4 Å². The SMILES string of the molecule is Nc1ccc(C(=O)NC2CCCCN(CC(=O)O)C2=O)cc1. The number of carbonyl (C=O) groups is 3. The maximum Gasteiger partial charge on any atom is 0.323 e. The fourth-order valence-electron chi connectivity index (χ4n) is 2.44. The van der Waals surface area contributed by atoms with E-state index < -0.39 is 12.0 Å². The molecule has 0 aliphatic carbocycles. The summed E-state index contributed by atoms with van der Waals surface area (Å²) in [5, 5.41) is 11.5. The minimum atomic E-state index is -1.06. The Hall–Kier alpha value is -2.57. The van der Waals surface area contributed by atoms with Crippen molar-refractivity contribution in [2.24, 2.45) is 0 Å². The van der Waals surface area contributed by atoms with Gasteiger partial charge in [0.15, 0.2) is 0 Å². The van der Waals surface area contributed by atoms with E-state index in [-0.39, 0.29) is 18.4 Å². The van der Waals surface area contributed by atoms with Crippen LogP contribution in [0.3, 0.4) is 0 Å². The van der Waals surface area contributed by atoms with E-state index >= 15 is 0 Å². The normalized spacial score (nSPS) is 18.6. The Morgan fingerprint density at radius 2 is 1.95 bits per heavy atom. The summed E-state index contributed by atoms with van der Waals surface area (Å²) >= 11 is 0. The Bertz CT molecular complexity index is 571. The molecule has 1 heterocycles. The van der Waals surface area contributed by atoms with Gasteiger partial charge in [-0.25, -0.2) is 0 Å². The van der Waals surface area contributed by atoms with E-state index in [0.717, 1.165) is 12.8 Å². The van der Waals surface area contributed by atoms with Crippen LogP contribution in [0, 0.1) is 0 Å². The molecule has 1 aliphatic rings. The lowest BCUT2D eigenvalue weighted by molar-refractivity contribution is -0.144. The number of carboxylic acid groups (broad SMARTS) is 1. The molecule has 1 aromatic carbocycles. The maximum absolute atomic E-state index is 12.3. The molecule has 118 valence electrons. The Morgan fingerprint density at radius 1 is 1.27 bits per heavy atom. The zero-order valence-electron chi connectivity index (χ0n) is 12.1. The van der Waals surface area contributed by atoms with Gasteiger partial charge in [-0.15, -0.1) is 0 Å². The molecule has 7 heteroatoms. The molecule has 7 nitrogen and oxygen atoms in total. The lowest BCUT2D eigenvalue weighted by atomic mass is 10.1. The van der Waals surface area contributed by atoms with Crippen LogP contribution in [0.2, 0.25) is 0 Å². The molecule has 1 fully saturated rings. The first-order valence-electron chi connectivity index (χ1n) is 7.14. The number of nitrogens with two attached hydrogens (primary N) is 1. The van der Waals surface area contributed by atoms with E-state index in [2.05, 4.69) is 5.32 Å². The third-order valence-corrected chi connectivity index (χ3v) is 3.58. The number of amides is 2. The van der Waals surface area contributed by atoms with Crippen LogP contribution in [0.5, 0.6) is 0 Å². The molecule has 0 bridgehead atoms. The van der Waals surface area contributed by atoms with Crippen molar-refractivity contribution in [2.75, 3.05) is 18.8 Å². The molecule has 22 heavy (non-hydrogen) atoms. The molecule has 0 radical (unpaired) electrons. The Kier molecular flexibility index (Phi) is 4.98. The molecule has 0 aromatic heterocycles. The van der Waals surface area contributed by atoms with Gasteiger partial charge >= 0.3 is 5.97 Å². The Balaban J connectivity index is 2.06. The van der Waals surface area contributed by atoms with Gasteiger partial charge in [0.2, 0.25) is 5.91 Å². The number of hydrogen-bond acceptors (Lipinski definition) is 4. The number of rotatable bonds is 4. The summed E-state index contributed by atoms with van der Waals surface area (Å²) in [5.41, 5.74) is 6.53. The van der Waals surface area contributed by atoms with Gasteiger partial charge in [0, 0.05) is 17.8 Å². The standard InChI is InChI=1S/C15H19N3O4/c16-11-6-4-10(5-7-11)14(21)17-12-3-1-2-8-18(15(12)22)9-13(19)20/h4-7,12H,1-3,8-9,16H2,(H,17,21)(H,19,20). The molecule has 2 amide bonds. The number of carboxylic acids is 1. The average Bonchev–Trinajstić information content (AvgIpc) is 2.63. The number of aliphatic carboxylic acids is 1. The number of anilines is 1. The van der Waals surface area contributed by atoms with Gasteiger partial charge in [-0.1, -0.05) is 0 Å². The Morgan fingerprint density at radius 3 is 2.59 bits per heavy atom. The van der Waals surface area contributed by atoms with Crippen LogP contribution >= 0.6 is 0 Å². The second-order valence-electron chi connectivity index (χ2n) is 5.30. The van der Waals surface area contributed by atoms with Crippen molar-refractivity contribution in [3.05, 3.63) is 29.8 Å². The predicted octanol–water partition coefficient (Wildman–Crippen LogP) is 0.464. The third-order valence-electron chi connectivity index (χ3n) is 3.58. The van der Waals surface area contributed by atoms with E-state index in [1.54, 1.807) is 24.3 Å². The van der Waals surface area contributed by atoms with Crippen LogP contribution in [0.4, 0.5) is 5.69 Å². The predicted molar refractivity (Wildman–Crippen MR) is 80.2 cm³/mol. The fraction of sp³-hybridized carbons (Fsp3) is 0.400. The van der Waals surface area contributed by atoms with Crippen LogP contribution in [0.25, 0.3) is 0 Å². The number of carbonyl (C=O) groups excluding carboxylic acids is 2. The fourth-order valence-corrected chi connectivity index (χ4v) is 2.44. The van der Waals surface area contributed by atoms with Gasteiger partial charge in [-0.3, -0.25) is 14.4 Å². The first-order chi connectivity index (χ1) is 10.5. The second kappa shape index (κ2) is 6.93. The summed E-state index contributed by atoms with van der Waals surface area (Å²) in [7, 11) is 0. The molecule has 0 saturated carbocycles. The highest BCUT2D eigenvalue weighted by molar-refractivity contribution is 5.98. The third kappa shape index (κ3) is 3.97. The topological polar surface area (TPSA) is 113 Å². The monoisotopic (exact) mass is 305 g/mol. The molecule has 1 aromatic rings. The first kappa shape index (κ1) is 15.8. The summed E-state index contributed by atoms with van der Waals surface area (Å²) < 4.78 is 0. The highest BCUT2D eigenvalue weighted by Crippen LogP contribution is 2.13. The van der Waals surface area contributed by atoms with Gasteiger partial charge < -0.3 is 21.1 Å². The van der Waals surface area contributed by atoms with Gasteiger partial charge in [-0.2, -0.15) is 0 Å². The zero-order valence-corrected chi connectivity index (χ0v) is 12.1. The lowest BCUT2D eigenvalue weighted by Gasteiger charge is -2.23. The molecular weight excluding hydrogens is 286 g/mol. The highest BCUT2D eigenvalue weighted by Gasteiger charge is 2.29. The molecule has 4 N–H and O–H groups in total. The van der Waals surface area contributed by atoms with Crippen molar-refractivity contribution >= 4 is 23.5 Å². The minimum absolute atomic E-state index is 0.340. The molecule has 1 atom stereocenters. The van der Waals surface area contributed by atoms with Gasteiger partial charge in [0.1, 0.15) is 12.6 Å². The van der Waals surface area contributed by atoms with Crippen LogP contribution in [-0.2, 0) is 9.59 Å². The summed E-state index contributed by atoms with van der Waals surface area (Å²) in [6, 6.07) is 5.70. The van der Waals surface area contributed by atoms with Gasteiger partial charge in [0.25, 0.3) is 5.91 Å². The lowest BCUT2D eigenvalue weighted by Crippen LogP contribution is -2.48. The van der Waals surface area contributed by atoms with E-state index in [1.807, 2.05) is 0 Å². The smallest absolute Gasteiger partial charge is 0.323 e. The number of benzene rings is 1. The summed E-state index contributed by atoms with van der Waals surface area (Å²) in [6.07, 6.45) is 2.00. The van der Waals surface area contributed by atoms with Crippen molar-refractivity contribution in [3.8, 4) is 0 Å². The highest BCUT2D eigenvalue weighted by atomic mass is 16.4. The molecule has 2 rings (SSSR count). The number of likely N-dealkylation sites (tertiary alicyclic amines) is 1. The van der Waals surface area contributed by atoms with Crippen molar-refractivity contribution in [1.82, 2.24) is 10.2 Å². The first-order valence-corrected chi connectivity index (χ1v) is 7.14. The van der Waals surface area contributed by atoms with Crippen LogP contribution < -0.4 is 11.1 Å². The van der Waals surface area contributed by atoms with Crippen molar-refractivity contribution < 1.29 is 19.5 Å². The second-order valence-corrected chi connectivity index (χ2v) is 5.30. The largest absolute Gasteiger partial charge is 0.480 e. The summed E-state index contributed by atoms with van der Waals surface area (Å²) in [4.78, 5) is 36.6. The molecule has 1 saturated heterocycles. The van der Waals surface area contributed by atoms with E-state index in [4.69, 9.17) is 10.8 Å². The van der Waals surface area contributed by atoms with Crippen molar-refractivity contribution in [2.45, 2.75) is 25.3 Å². The quantitative estimate of drug-likeness (QED) is 0.700. The molecule has 0 spiro atoms. The van der Waals surface area contributed by atoms with E-state index in [0.29, 0.717) is 24.2 Å².